The fourth-order valence-corrected chi connectivity index (χ4v) is 3.10. The number of nitrogens with zero attached hydrogens (tertiary/aromatic N) is 1. The molecule has 0 bridgehead atoms. The van der Waals surface area contributed by atoms with Crippen LogP contribution >= 0.6 is 0 Å². The third kappa shape index (κ3) is 6.30. The number of fused-ring (bicyclic) bond motifs is 1. The van der Waals surface area contributed by atoms with Crippen molar-refractivity contribution in [3.05, 3.63) is 42.2 Å². The van der Waals surface area contributed by atoms with E-state index in [9.17, 15) is 14.7 Å². The summed E-state index contributed by atoms with van der Waals surface area (Å²) in [7, 11) is 0. The molecule has 6 nitrogen and oxygen atoms in total. The molecule has 28 heavy (non-hydrogen) atoms. The zero-order valence-electron chi connectivity index (χ0n) is 16.8. The van der Waals surface area contributed by atoms with E-state index in [4.69, 9.17) is 0 Å². The fraction of sp³-hybridized carbons (Fsp3) is 0.500. The van der Waals surface area contributed by atoms with Crippen LogP contribution in [-0.4, -0.2) is 40.6 Å². The molecule has 2 atom stereocenters. The Hall–Kier alpha value is -2.47. The Labute approximate surface area is 166 Å². The molecule has 0 aliphatic heterocycles. The number of aromatic nitrogens is 1. The van der Waals surface area contributed by atoms with E-state index >= 15 is 0 Å². The quantitative estimate of drug-likeness (QED) is 0.518. The molecule has 3 N–H and O–H groups in total. The Kier molecular flexibility index (Phi) is 8.88. The second-order valence-electron chi connectivity index (χ2n) is 7.15. The summed E-state index contributed by atoms with van der Waals surface area (Å²) in [5, 5.41) is 17.3. The minimum absolute atomic E-state index is 0.282. The van der Waals surface area contributed by atoms with E-state index in [-0.39, 0.29) is 5.69 Å². The Morgan fingerprint density at radius 2 is 1.79 bits per heavy atom. The van der Waals surface area contributed by atoms with Gasteiger partial charge in [0, 0.05) is 18.1 Å². The molecule has 2 rings (SSSR count). The zero-order valence-corrected chi connectivity index (χ0v) is 16.8. The van der Waals surface area contributed by atoms with Crippen LogP contribution in [0.3, 0.4) is 0 Å². The lowest BCUT2D eigenvalue weighted by molar-refractivity contribution is -0.130. The summed E-state index contributed by atoms with van der Waals surface area (Å²) in [4.78, 5) is 28.8. The molecule has 6 heteroatoms. The predicted molar refractivity (Wildman–Crippen MR) is 111 cm³/mol. The van der Waals surface area contributed by atoms with E-state index in [1.54, 1.807) is 13.1 Å². The molecule has 0 saturated carbocycles. The maximum absolute atomic E-state index is 12.6. The number of aliphatic hydroxyl groups excluding tert-OH is 1. The minimum atomic E-state index is -1.31. The monoisotopic (exact) mass is 385 g/mol. The van der Waals surface area contributed by atoms with Gasteiger partial charge in [0.15, 0.2) is 6.10 Å². The number of rotatable bonds is 11. The molecule has 0 aliphatic carbocycles. The first-order valence-corrected chi connectivity index (χ1v) is 10.1. The van der Waals surface area contributed by atoms with Crippen molar-refractivity contribution in [2.24, 2.45) is 0 Å². The number of nitrogens with one attached hydrogen (secondary N) is 2. The Bertz CT molecular complexity index is 773. The lowest BCUT2D eigenvalue weighted by Crippen LogP contribution is -2.49. The molecule has 0 aliphatic rings. The summed E-state index contributed by atoms with van der Waals surface area (Å²) in [5.41, 5.74) is 0.282. The second kappa shape index (κ2) is 11.4. The highest BCUT2D eigenvalue weighted by Gasteiger charge is 2.24. The Balaban J connectivity index is 1.81. The summed E-state index contributed by atoms with van der Waals surface area (Å²) in [6, 6.07) is 8.57. The summed E-state index contributed by atoms with van der Waals surface area (Å²) < 4.78 is 0. The van der Waals surface area contributed by atoms with Gasteiger partial charge in [0.25, 0.3) is 11.8 Å². The van der Waals surface area contributed by atoms with Gasteiger partial charge in [0.1, 0.15) is 5.69 Å². The van der Waals surface area contributed by atoms with Gasteiger partial charge >= 0.3 is 0 Å². The summed E-state index contributed by atoms with van der Waals surface area (Å²) in [6.07, 6.45) is 7.06. The third-order valence-electron chi connectivity index (χ3n) is 4.82. The van der Waals surface area contributed by atoms with E-state index in [2.05, 4.69) is 22.5 Å². The first-order chi connectivity index (χ1) is 13.5. The number of carbonyl (C=O) groups is 2. The van der Waals surface area contributed by atoms with Crippen LogP contribution < -0.4 is 10.6 Å². The topological polar surface area (TPSA) is 91.3 Å². The molecule has 1 heterocycles. The smallest absolute Gasteiger partial charge is 0.270 e. The van der Waals surface area contributed by atoms with Gasteiger partial charge in [-0.05, 0) is 24.8 Å². The van der Waals surface area contributed by atoms with Gasteiger partial charge in [-0.15, -0.1) is 0 Å². The first kappa shape index (κ1) is 21.8. The number of amides is 2. The van der Waals surface area contributed by atoms with Crippen LogP contribution in [0.5, 0.6) is 0 Å². The van der Waals surface area contributed by atoms with Gasteiger partial charge in [0.2, 0.25) is 0 Å². The van der Waals surface area contributed by atoms with Crippen molar-refractivity contribution < 1.29 is 14.7 Å². The van der Waals surface area contributed by atoms with Crippen molar-refractivity contribution >= 4 is 22.6 Å². The molecule has 0 saturated heterocycles. The maximum Gasteiger partial charge on any atom is 0.270 e. The molecule has 0 unspecified atom stereocenters. The van der Waals surface area contributed by atoms with E-state index < -0.39 is 24.0 Å². The van der Waals surface area contributed by atoms with Crippen LogP contribution in [0.4, 0.5) is 0 Å². The Morgan fingerprint density at radius 1 is 1.07 bits per heavy atom. The van der Waals surface area contributed by atoms with E-state index in [0.29, 0.717) is 6.54 Å². The van der Waals surface area contributed by atoms with Crippen molar-refractivity contribution in [3.63, 3.8) is 0 Å². The highest BCUT2D eigenvalue weighted by Crippen LogP contribution is 2.16. The average molecular weight is 386 g/mol. The van der Waals surface area contributed by atoms with Crippen molar-refractivity contribution in [1.82, 2.24) is 15.6 Å². The van der Waals surface area contributed by atoms with Crippen molar-refractivity contribution in [3.8, 4) is 0 Å². The number of benzene rings is 1. The fourth-order valence-electron chi connectivity index (χ4n) is 3.10. The van der Waals surface area contributed by atoms with Crippen LogP contribution in [0.2, 0.25) is 0 Å². The molecule has 0 spiro atoms. The lowest BCUT2D eigenvalue weighted by Gasteiger charge is -2.20. The molecule has 1 aromatic carbocycles. The van der Waals surface area contributed by atoms with Gasteiger partial charge in [-0.2, -0.15) is 0 Å². The molecular weight excluding hydrogens is 354 g/mol. The van der Waals surface area contributed by atoms with Crippen molar-refractivity contribution in [1.29, 1.82) is 0 Å². The largest absolute Gasteiger partial charge is 0.381 e. The van der Waals surface area contributed by atoms with Gasteiger partial charge in [-0.1, -0.05) is 63.3 Å². The normalized spacial score (nSPS) is 13.1. The predicted octanol–water partition coefficient (Wildman–Crippen LogP) is 3.19. The van der Waals surface area contributed by atoms with Crippen LogP contribution in [-0.2, 0) is 4.79 Å². The summed E-state index contributed by atoms with van der Waals surface area (Å²) in [5.74, 6) is -0.876. The SMILES string of the molecule is CCCCCCCCNC(=O)[C@H](O)[C@H](C)NC(=O)c1nccc2ccccc12. The first-order valence-electron chi connectivity index (χ1n) is 10.1. The molecule has 1 aromatic heterocycles. The second-order valence-corrected chi connectivity index (χ2v) is 7.15. The number of aliphatic hydroxyl groups is 1. The van der Waals surface area contributed by atoms with E-state index in [1.165, 1.54) is 19.3 Å². The van der Waals surface area contributed by atoms with Gasteiger partial charge in [-0.25, -0.2) is 0 Å². The van der Waals surface area contributed by atoms with Crippen molar-refractivity contribution in [2.75, 3.05) is 6.54 Å². The average Bonchev–Trinajstić information content (AvgIpc) is 2.71. The molecule has 2 aromatic rings. The lowest BCUT2D eigenvalue weighted by atomic mass is 10.1. The number of hydrogen-bond donors (Lipinski definition) is 3. The van der Waals surface area contributed by atoms with Gasteiger partial charge < -0.3 is 15.7 Å². The molecular formula is C22H31N3O3. The van der Waals surface area contributed by atoms with Gasteiger partial charge in [-0.3, -0.25) is 14.6 Å². The molecule has 0 fully saturated rings. The summed E-state index contributed by atoms with van der Waals surface area (Å²) >= 11 is 0. The highest BCUT2D eigenvalue weighted by atomic mass is 16.3. The van der Waals surface area contributed by atoms with Gasteiger partial charge in [0.05, 0.1) is 6.04 Å². The number of unbranched alkanes of at least 4 members (excludes halogenated alkanes) is 5. The van der Waals surface area contributed by atoms with Crippen LogP contribution in [0.25, 0.3) is 10.8 Å². The molecule has 0 radical (unpaired) electrons. The maximum atomic E-state index is 12.6. The van der Waals surface area contributed by atoms with Crippen LogP contribution in [0.1, 0.15) is 62.9 Å². The van der Waals surface area contributed by atoms with E-state index in [1.807, 2.05) is 30.3 Å². The summed E-state index contributed by atoms with van der Waals surface area (Å²) in [6.45, 7) is 4.32. The number of hydrogen-bond acceptors (Lipinski definition) is 4. The molecule has 2 amide bonds. The van der Waals surface area contributed by atoms with E-state index in [0.717, 1.165) is 30.0 Å². The van der Waals surface area contributed by atoms with Crippen LogP contribution in [0, 0.1) is 0 Å². The zero-order chi connectivity index (χ0) is 20.4. The third-order valence-corrected chi connectivity index (χ3v) is 4.82. The highest BCUT2D eigenvalue weighted by molar-refractivity contribution is 6.05. The number of pyridine rings is 1. The van der Waals surface area contributed by atoms with Crippen LogP contribution in [0.15, 0.2) is 36.5 Å². The van der Waals surface area contributed by atoms with Crippen molar-refractivity contribution in [2.45, 2.75) is 64.5 Å². The Morgan fingerprint density at radius 3 is 2.57 bits per heavy atom. The standard InChI is InChI=1S/C22H31N3O3/c1-3-4-5-6-7-10-14-24-22(28)20(26)16(2)25-21(27)19-18-12-9-8-11-17(18)13-15-23-19/h8-9,11-13,15-16,20,26H,3-7,10,14H2,1-2H3,(H,24,28)(H,25,27)/t16-,20+/m0/s1. The molecule has 152 valence electrons. The number of carbonyl (C=O) groups excluding carboxylic acids is 2. The minimum Gasteiger partial charge on any atom is -0.381 e.